The van der Waals surface area contributed by atoms with Gasteiger partial charge in [0, 0.05) is 25.3 Å². The van der Waals surface area contributed by atoms with Crippen LogP contribution in [-0.4, -0.2) is 40.4 Å². The summed E-state index contributed by atoms with van der Waals surface area (Å²) in [5.74, 6) is -3.76. The van der Waals surface area contributed by atoms with Crippen molar-refractivity contribution in [2.45, 2.75) is 45.3 Å². The summed E-state index contributed by atoms with van der Waals surface area (Å²) in [7, 11) is 0. The number of carbonyl (C=O) groups excluding carboxylic acids is 1. The lowest BCUT2D eigenvalue weighted by Gasteiger charge is -2.20. The SMILES string of the molecule is CC(C)(C)OC(=O)NCCNc1c(F)c(N)c2c(=O)c(C(=O)O)cn(C3CC3)c2c1F. The summed E-state index contributed by atoms with van der Waals surface area (Å²) in [6.45, 7) is 5.03. The number of rotatable bonds is 6. The Morgan fingerprint density at radius 3 is 2.45 bits per heavy atom. The van der Waals surface area contributed by atoms with Crippen molar-refractivity contribution in [3.05, 3.63) is 33.6 Å². The molecule has 1 aromatic carbocycles. The van der Waals surface area contributed by atoms with Crippen LogP contribution in [0.2, 0.25) is 0 Å². The average molecular weight is 438 g/mol. The van der Waals surface area contributed by atoms with E-state index in [9.17, 15) is 23.9 Å². The van der Waals surface area contributed by atoms with E-state index < -0.39 is 57.1 Å². The fourth-order valence-corrected chi connectivity index (χ4v) is 3.18. The van der Waals surface area contributed by atoms with Crippen LogP contribution in [0.15, 0.2) is 11.0 Å². The molecule has 3 rings (SSSR count). The van der Waals surface area contributed by atoms with Crippen LogP contribution in [-0.2, 0) is 4.74 Å². The Balaban J connectivity index is 1.94. The fourth-order valence-electron chi connectivity index (χ4n) is 3.18. The second-order valence-electron chi connectivity index (χ2n) is 8.31. The molecular formula is C20H24F2N4O5. The number of anilines is 2. The van der Waals surface area contributed by atoms with Crippen molar-refractivity contribution in [3.8, 4) is 0 Å². The van der Waals surface area contributed by atoms with Gasteiger partial charge < -0.3 is 30.8 Å². The van der Waals surface area contributed by atoms with Gasteiger partial charge in [0.05, 0.1) is 16.6 Å². The molecule has 1 amide bonds. The summed E-state index contributed by atoms with van der Waals surface area (Å²) in [6.07, 6.45) is 1.71. The molecule has 0 spiro atoms. The van der Waals surface area contributed by atoms with E-state index >= 15 is 4.39 Å². The lowest BCUT2D eigenvalue weighted by atomic mass is 10.1. The van der Waals surface area contributed by atoms with Crippen molar-refractivity contribution < 1.29 is 28.2 Å². The standard InChI is InChI=1S/C20H24F2N4O5/c1-20(2,3)31-19(30)25-7-6-24-15-12(21)14(23)11-16(13(15)22)26(9-4-5-9)8-10(17(11)27)18(28)29/h8-9,24H,4-7,23H2,1-3H3,(H,25,30)(H,28,29). The van der Waals surface area contributed by atoms with E-state index in [0.717, 1.165) is 6.20 Å². The maximum atomic E-state index is 15.3. The molecule has 5 N–H and O–H groups in total. The Bertz CT molecular complexity index is 1120. The van der Waals surface area contributed by atoms with Crippen LogP contribution in [0.25, 0.3) is 10.9 Å². The number of nitrogens with zero attached hydrogens (tertiary/aromatic N) is 1. The van der Waals surface area contributed by atoms with Gasteiger partial charge in [-0.05, 0) is 33.6 Å². The molecule has 1 aliphatic carbocycles. The molecule has 0 unspecified atom stereocenters. The molecule has 0 radical (unpaired) electrons. The van der Waals surface area contributed by atoms with Gasteiger partial charge in [-0.3, -0.25) is 4.79 Å². The highest BCUT2D eigenvalue weighted by atomic mass is 19.1. The minimum atomic E-state index is -1.50. The number of pyridine rings is 1. The maximum absolute atomic E-state index is 15.3. The first-order chi connectivity index (χ1) is 14.4. The van der Waals surface area contributed by atoms with Gasteiger partial charge >= 0.3 is 12.1 Å². The Labute approximate surface area is 176 Å². The number of nitrogens with one attached hydrogen (secondary N) is 2. The van der Waals surface area contributed by atoms with E-state index in [-0.39, 0.29) is 24.6 Å². The quantitative estimate of drug-likeness (QED) is 0.402. The molecule has 0 bridgehead atoms. The predicted octanol–water partition coefficient (Wildman–Crippen LogP) is 2.83. The topological polar surface area (TPSA) is 136 Å². The zero-order valence-electron chi connectivity index (χ0n) is 17.3. The Kier molecular flexibility index (Phi) is 5.79. The first kappa shape index (κ1) is 22.3. The Hall–Kier alpha value is -3.37. The number of benzene rings is 1. The molecule has 1 fully saturated rings. The number of ether oxygens (including phenoxy) is 1. The van der Waals surface area contributed by atoms with Gasteiger partial charge in [0.1, 0.15) is 16.9 Å². The van der Waals surface area contributed by atoms with Crippen LogP contribution in [0, 0.1) is 11.6 Å². The number of amides is 1. The summed E-state index contributed by atoms with van der Waals surface area (Å²) >= 11 is 0. The Morgan fingerprint density at radius 2 is 1.90 bits per heavy atom. The number of hydrogen-bond donors (Lipinski definition) is 4. The molecule has 0 saturated heterocycles. The van der Waals surface area contributed by atoms with Crippen molar-refractivity contribution in [2.24, 2.45) is 0 Å². The van der Waals surface area contributed by atoms with Crippen LogP contribution >= 0.6 is 0 Å². The number of hydrogen-bond acceptors (Lipinski definition) is 6. The second kappa shape index (κ2) is 8.05. The number of fused-ring (bicyclic) bond motifs is 1. The molecule has 1 aromatic heterocycles. The van der Waals surface area contributed by atoms with Crippen molar-refractivity contribution in [1.29, 1.82) is 0 Å². The van der Waals surface area contributed by atoms with Gasteiger partial charge in [-0.15, -0.1) is 0 Å². The van der Waals surface area contributed by atoms with E-state index in [0.29, 0.717) is 12.8 Å². The number of aromatic nitrogens is 1. The van der Waals surface area contributed by atoms with Crippen LogP contribution < -0.4 is 21.8 Å². The first-order valence-electron chi connectivity index (χ1n) is 9.71. The molecule has 1 heterocycles. The molecule has 1 saturated carbocycles. The molecule has 0 aliphatic heterocycles. The molecular weight excluding hydrogens is 414 g/mol. The summed E-state index contributed by atoms with van der Waals surface area (Å²) < 4.78 is 36.5. The summed E-state index contributed by atoms with van der Waals surface area (Å²) in [5.41, 5.74) is 2.00. The number of alkyl carbamates (subject to hydrolysis) is 1. The normalized spacial score (nSPS) is 13.8. The van der Waals surface area contributed by atoms with E-state index in [1.807, 2.05) is 0 Å². The molecule has 1 aliphatic rings. The molecule has 9 nitrogen and oxygen atoms in total. The van der Waals surface area contributed by atoms with Crippen LogP contribution in [0.3, 0.4) is 0 Å². The number of carbonyl (C=O) groups is 2. The maximum Gasteiger partial charge on any atom is 0.407 e. The third kappa shape index (κ3) is 4.54. The monoisotopic (exact) mass is 438 g/mol. The number of carboxylic acid groups (broad SMARTS) is 1. The van der Waals surface area contributed by atoms with Crippen LogP contribution in [0.4, 0.5) is 25.0 Å². The molecule has 31 heavy (non-hydrogen) atoms. The van der Waals surface area contributed by atoms with E-state index in [2.05, 4.69) is 10.6 Å². The van der Waals surface area contributed by atoms with Gasteiger partial charge in [-0.25, -0.2) is 18.4 Å². The highest BCUT2D eigenvalue weighted by molar-refractivity contribution is 5.99. The molecule has 11 heteroatoms. The highest BCUT2D eigenvalue weighted by Crippen LogP contribution is 2.40. The fraction of sp³-hybridized carbons (Fsp3) is 0.450. The number of carboxylic acids is 1. The number of nitrogens with two attached hydrogens (primary N) is 1. The smallest absolute Gasteiger partial charge is 0.407 e. The molecule has 0 atom stereocenters. The van der Waals surface area contributed by atoms with Crippen LogP contribution in [0.5, 0.6) is 0 Å². The lowest BCUT2D eigenvalue weighted by molar-refractivity contribution is 0.0529. The van der Waals surface area contributed by atoms with Gasteiger partial charge in [-0.2, -0.15) is 0 Å². The van der Waals surface area contributed by atoms with Gasteiger partial charge in [-0.1, -0.05) is 0 Å². The summed E-state index contributed by atoms with van der Waals surface area (Å²) in [5, 5.41) is 13.8. The molecule has 168 valence electrons. The largest absolute Gasteiger partial charge is 0.477 e. The van der Waals surface area contributed by atoms with E-state index in [1.165, 1.54) is 4.57 Å². The average Bonchev–Trinajstić information content (AvgIpc) is 3.48. The number of nitrogen functional groups attached to an aromatic ring is 1. The third-order valence-corrected chi connectivity index (χ3v) is 4.65. The summed E-state index contributed by atoms with van der Waals surface area (Å²) in [6, 6.07) is -0.206. The van der Waals surface area contributed by atoms with Gasteiger partial charge in [0.25, 0.3) is 0 Å². The number of halogens is 2. The zero-order chi connectivity index (χ0) is 23.1. The van der Waals surface area contributed by atoms with Crippen molar-refractivity contribution >= 4 is 34.3 Å². The van der Waals surface area contributed by atoms with Crippen LogP contribution in [0.1, 0.15) is 50.0 Å². The van der Waals surface area contributed by atoms with Crippen molar-refractivity contribution in [2.75, 3.05) is 24.1 Å². The molecule has 2 aromatic rings. The first-order valence-corrected chi connectivity index (χ1v) is 9.71. The third-order valence-electron chi connectivity index (χ3n) is 4.65. The number of aromatic carboxylic acids is 1. The zero-order valence-corrected chi connectivity index (χ0v) is 17.3. The minimum Gasteiger partial charge on any atom is -0.477 e. The second-order valence-corrected chi connectivity index (χ2v) is 8.31. The predicted molar refractivity (Wildman–Crippen MR) is 110 cm³/mol. The minimum absolute atomic E-state index is 0.000875. The van der Waals surface area contributed by atoms with E-state index in [1.54, 1.807) is 20.8 Å². The van der Waals surface area contributed by atoms with Crippen molar-refractivity contribution in [3.63, 3.8) is 0 Å². The van der Waals surface area contributed by atoms with Gasteiger partial charge in [0.15, 0.2) is 11.6 Å². The lowest BCUT2D eigenvalue weighted by Crippen LogP contribution is -2.35. The Morgan fingerprint density at radius 1 is 1.26 bits per heavy atom. The highest BCUT2D eigenvalue weighted by Gasteiger charge is 2.31. The van der Waals surface area contributed by atoms with E-state index in [4.69, 9.17) is 10.5 Å². The summed E-state index contributed by atoms with van der Waals surface area (Å²) in [4.78, 5) is 35.7. The van der Waals surface area contributed by atoms with Gasteiger partial charge in [0.2, 0.25) is 5.43 Å². The van der Waals surface area contributed by atoms with Crippen molar-refractivity contribution in [1.82, 2.24) is 9.88 Å².